The Kier molecular flexibility index (Phi) is 4.86. The Bertz CT molecular complexity index is 627. The highest BCUT2D eigenvalue weighted by molar-refractivity contribution is 7.89. The number of anilines is 1. The maximum atomic E-state index is 13.6. The van der Waals surface area contributed by atoms with Crippen molar-refractivity contribution < 1.29 is 30.5 Å². The summed E-state index contributed by atoms with van der Waals surface area (Å²) in [5.74, 6) is -7.99. The molecule has 0 unspecified atom stereocenters. The summed E-state index contributed by atoms with van der Waals surface area (Å²) in [4.78, 5) is -1.71. The van der Waals surface area contributed by atoms with Gasteiger partial charge in [-0.1, -0.05) is 0 Å². The van der Waals surface area contributed by atoms with E-state index in [4.69, 9.17) is 5.73 Å². The van der Waals surface area contributed by atoms with E-state index in [0.29, 0.717) is 11.0 Å². The first-order chi connectivity index (χ1) is 9.38. The standard InChI is InChI=1S/C11H16F4N3O2S/c1-18(2,3)5-4-17-21(19,20)11-8(14)6(12)10(16)7(13)9(11)15/h17H,4-5,16H2,1-3H3/q+1. The van der Waals surface area contributed by atoms with E-state index in [0.717, 1.165) is 0 Å². The van der Waals surface area contributed by atoms with E-state index in [2.05, 4.69) is 0 Å². The minimum absolute atomic E-state index is 0.168. The number of nitrogens with one attached hydrogen (secondary N) is 1. The van der Waals surface area contributed by atoms with Crippen LogP contribution in [0.15, 0.2) is 4.90 Å². The van der Waals surface area contributed by atoms with E-state index in [1.54, 1.807) is 21.1 Å². The highest BCUT2D eigenvalue weighted by Gasteiger charge is 2.32. The number of nitrogen functional groups attached to an aromatic ring is 1. The largest absolute Gasteiger partial charge is 0.394 e. The average molecular weight is 330 g/mol. The van der Waals surface area contributed by atoms with Gasteiger partial charge in [0.2, 0.25) is 10.0 Å². The minimum Gasteiger partial charge on any atom is -0.394 e. The highest BCUT2D eigenvalue weighted by Crippen LogP contribution is 2.28. The summed E-state index contributed by atoms with van der Waals surface area (Å²) < 4.78 is 79.6. The first-order valence-corrected chi connectivity index (χ1v) is 7.28. The average Bonchev–Trinajstić information content (AvgIpc) is 2.32. The Morgan fingerprint density at radius 1 is 1.00 bits per heavy atom. The Morgan fingerprint density at radius 2 is 1.43 bits per heavy atom. The van der Waals surface area contributed by atoms with Crippen molar-refractivity contribution in [3.8, 4) is 0 Å². The molecule has 120 valence electrons. The molecule has 0 aliphatic heterocycles. The van der Waals surface area contributed by atoms with Gasteiger partial charge >= 0.3 is 0 Å². The van der Waals surface area contributed by atoms with Gasteiger partial charge in [0.05, 0.1) is 34.2 Å². The Labute approximate surface area is 120 Å². The number of sulfonamides is 1. The molecular formula is C11H16F4N3O2S+. The van der Waals surface area contributed by atoms with E-state index >= 15 is 0 Å². The van der Waals surface area contributed by atoms with Crippen LogP contribution in [0.3, 0.4) is 0 Å². The van der Waals surface area contributed by atoms with Gasteiger partial charge in [0, 0.05) is 0 Å². The molecule has 0 fully saturated rings. The summed E-state index contributed by atoms with van der Waals surface area (Å²) in [5, 5.41) is 0. The van der Waals surface area contributed by atoms with E-state index < -0.39 is 43.9 Å². The fourth-order valence-corrected chi connectivity index (χ4v) is 2.61. The first kappa shape index (κ1) is 17.7. The number of nitrogens with two attached hydrogens (primary N) is 1. The fraction of sp³-hybridized carbons (Fsp3) is 0.455. The van der Waals surface area contributed by atoms with Gasteiger partial charge in [-0.15, -0.1) is 0 Å². The van der Waals surface area contributed by atoms with Crippen molar-refractivity contribution in [1.82, 2.24) is 4.72 Å². The maximum Gasteiger partial charge on any atom is 0.246 e. The molecule has 1 aromatic carbocycles. The van der Waals surface area contributed by atoms with Crippen molar-refractivity contribution in [2.24, 2.45) is 0 Å². The lowest BCUT2D eigenvalue weighted by molar-refractivity contribution is -0.869. The molecule has 0 aromatic heterocycles. The molecule has 21 heavy (non-hydrogen) atoms. The number of likely N-dealkylation sites (N-methyl/N-ethyl adjacent to an activating group) is 1. The summed E-state index contributed by atoms with van der Waals surface area (Å²) >= 11 is 0. The molecule has 1 aromatic rings. The van der Waals surface area contributed by atoms with Crippen LogP contribution in [0.4, 0.5) is 23.2 Å². The second-order valence-electron chi connectivity index (χ2n) is 5.41. The quantitative estimate of drug-likeness (QED) is 0.363. The van der Waals surface area contributed by atoms with Crippen LogP contribution in [0.2, 0.25) is 0 Å². The zero-order chi connectivity index (χ0) is 16.6. The lowest BCUT2D eigenvalue weighted by Gasteiger charge is -2.23. The van der Waals surface area contributed by atoms with Crippen LogP contribution in [0.1, 0.15) is 0 Å². The van der Waals surface area contributed by atoms with Crippen LogP contribution in [-0.4, -0.2) is 47.1 Å². The van der Waals surface area contributed by atoms with Crippen LogP contribution in [-0.2, 0) is 10.0 Å². The Balaban J connectivity index is 3.21. The second kappa shape index (κ2) is 5.78. The number of benzene rings is 1. The molecule has 0 spiro atoms. The summed E-state index contributed by atoms with van der Waals surface area (Å²) in [6.45, 7) is 0.126. The molecule has 1 rings (SSSR count). The van der Waals surface area contributed by atoms with Gasteiger partial charge < -0.3 is 10.2 Å². The van der Waals surface area contributed by atoms with Gasteiger partial charge in [-0.2, -0.15) is 0 Å². The van der Waals surface area contributed by atoms with Gasteiger partial charge in [-0.05, 0) is 0 Å². The van der Waals surface area contributed by atoms with Crippen LogP contribution < -0.4 is 10.5 Å². The van der Waals surface area contributed by atoms with E-state index in [-0.39, 0.29) is 6.54 Å². The third-order valence-corrected chi connectivity index (χ3v) is 4.08. The molecule has 0 heterocycles. The van der Waals surface area contributed by atoms with Crippen molar-refractivity contribution in [1.29, 1.82) is 0 Å². The molecule has 0 saturated heterocycles. The molecule has 0 bridgehead atoms. The van der Waals surface area contributed by atoms with Gasteiger partial charge in [0.1, 0.15) is 5.69 Å². The van der Waals surface area contributed by atoms with E-state index in [1.165, 1.54) is 0 Å². The van der Waals surface area contributed by atoms with Crippen molar-refractivity contribution in [3.05, 3.63) is 23.3 Å². The fourth-order valence-electron chi connectivity index (χ4n) is 1.45. The van der Waals surface area contributed by atoms with Crippen LogP contribution in [0.5, 0.6) is 0 Å². The number of nitrogens with zero attached hydrogens (tertiary/aromatic N) is 1. The maximum absolute atomic E-state index is 13.6. The van der Waals surface area contributed by atoms with Gasteiger partial charge in [0.15, 0.2) is 28.2 Å². The van der Waals surface area contributed by atoms with E-state index in [9.17, 15) is 26.0 Å². The number of hydrogen-bond acceptors (Lipinski definition) is 3. The normalized spacial score (nSPS) is 12.7. The van der Waals surface area contributed by atoms with Gasteiger partial charge in [-0.25, -0.2) is 30.7 Å². The number of rotatable bonds is 5. The molecule has 0 aliphatic carbocycles. The van der Waals surface area contributed by atoms with Crippen molar-refractivity contribution in [3.63, 3.8) is 0 Å². The summed E-state index contributed by atoms with van der Waals surface area (Å²) in [6, 6.07) is 0. The zero-order valence-electron chi connectivity index (χ0n) is 11.7. The molecule has 0 atom stereocenters. The van der Waals surface area contributed by atoms with E-state index in [1.807, 2.05) is 4.72 Å². The molecule has 0 amide bonds. The molecule has 10 heteroatoms. The van der Waals surface area contributed by atoms with Crippen molar-refractivity contribution >= 4 is 15.7 Å². The Hall–Kier alpha value is -1.39. The Morgan fingerprint density at radius 3 is 1.81 bits per heavy atom. The van der Waals surface area contributed by atoms with Gasteiger partial charge in [0.25, 0.3) is 0 Å². The lowest BCUT2D eigenvalue weighted by atomic mass is 10.2. The summed E-state index contributed by atoms with van der Waals surface area (Å²) in [6.07, 6.45) is 0. The third-order valence-electron chi connectivity index (χ3n) is 2.60. The number of hydrogen-bond donors (Lipinski definition) is 2. The number of quaternary nitrogens is 1. The summed E-state index contributed by atoms with van der Waals surface area (Å²) in [5.41, 5.74) is 3.40. The summed E-state index contributed by atoms with van der Waals surface area (Å²) in [7, 11) is 0.534. The predicted molar refractivity (Wildman–Crippen MR) is 68.8 cm³/mol. The third kappa shape index (κ3) is 3.83. The predicted octanol–water partition coefficient (Wildman–Crippen LogP) is 0.810. The van der Waals surface area contributed by atoms with Crippen molar-refractivity contribution in [2.45, 2.75) is 4.90 Å². The molecule has 0 saturated carbocycles. The first-order valence-electron chi connectivity index (χ1n) is 5.80. The van der Waals surface area contributed by atoms with Crippen LogP contribution in [0, 0.1) is 23.3 Å². The highest BCUT2D eigenvalue weighted by atomic mass is 32.2. The monoisotopic (exact) mass is 330 g/mol. The molecule has 0 aliphatic rings. The molecule has 5 nitrogen and oxygen atoms in total. The van der Waals surface area contributed by atoms with Crippen LogP contribution >= 0.6 is 0 Å². The molecular weight excluding hydrogens is 314 g/mol. The number of halogens is 4. The minimum atomic E-state index is -4.75. The van der Waals surface area contributed by atoms with Crippen LogP contribution in [0.25, 0.3) is 0 Å². The lowest BCUT2D eigenvalue weighted by Crippen LogP contribution is -2.42. The van der Waals surface area contributed by atoms with Crippen molar-refractivity contribution in [2.75, 3.05) is 40.0 Å². The SMILES string of the molecule is C[N+](C)(C)CCNS(=O)(=O)c1c(F)c(F)c(N)c(F)c1F. The molecule has 0 radical (unpaired) electrons. The molecule has 3 N–H and O–H groups in total. The smallest absolute Gasteiger partial charge is 0.246 e. The van der Waals surface area contributed by atoms with Gasteiger partial charge in [-0.3, -0.25) is 0 Å². The zero-order valence-corrected chi connectivity index (χ0v) is 12.5. The second-order valence-corrected chi connectivity index (χ2v) is 7.11. The topological polar surface area (TPSA) is 72.2 Å².